The molecule has 0 radical (unpaired) electrons. The number of halogens is 3. The number of nitrogens with zero attached hydrogens (tertiary/aromatic N) is 3. The van der Waals surface area contributed by atoms with Crippen LogP contribution in [0, 0.1) is 0 Å². The average Bonchev–Trinajstić information content (AvgIpc) is 2.26. The first-order valence-electron chi connectivity index (χ1n) is 5.80. The number of nitrogens with two attached hydrogens (primary N) is 1. The van der Waals surface area contributed by atoms with Crippen LogP contribution in [0.3, 0.4) is 0 Å². The molecule has 0 aliphatic heterocycles. The Morgan fingerprint density at radius 2 is 1.94 bits per heavy atom. The fraction of sp³-hybridized carbons (Fsp3) is 0.636. The second kappa shape index (κ2) is 5.88. The third kappa shape index (κ3) is 3.75. The van der Waals surface area contributed by atoms with Crippen LogP contribution in [0.4, 0.5) is 24.8 Å². The Balaban J connectivity index is 3.09. The van der Waals surface area contributed by atoms with Crippen LogP contribution in [0.1, 0.15) is 25.8 Å². The molecule has 0 bridgehead atoms. The summed E-state index contributed by atoms with van der Waals surface area (Å²) in [7, 11) is 0. The predicted molar refractivity (Wildman–Crippen MR) is 64.4 cm³/mol. The van der Waals surface area contributed by atoms with Crippen LogP contribution >= 0.6 is 0 Å². The van der Waals surface area contributed by atoms with Crippen molar-refractivity contribution in [2.75, 3.05) is 23.7 Å². The zero-order chi connectivity index (χ0) is 13.8. The van der Waals surface area contributed by atoms with Crippen molar-refractivity contribution in [2.24, 2.45) is 0 Å². The molecule has 7 heteroatoms. The lowest BCUT2D eigenvalue weighted by Crippen LogP contribution is -2.36. The number of anilines is 2. The average molecular weight is 262 g/mol. The third-order valence-electron chi connectivity index (χ3n) is 2.47. The number of nitrogen functional groups attached to an aromatic ring is 1. The van der Waals surface area contributed by atoms with Gasteiger partial charge in [0.1, 0.15) is 24.5 Å². The van der Waals surface area contributed by atoms with Crippen molar-refractivity contribution >= 4 is 11.6 Å². The smallest absolute Gasteiger partial charge is 0.383 e. The topological polar surface area (TPSA) is 55.0 Å². The Kier molecular flexibility index (Phi) is 4.75. The fourth-order valence-corrected chi connectivity index (χ4v) is 1.77. The monoisotopic (exact) mass is 262 g/mol. The van der Waals surface area contributed by atoms with Crippen molar-refractivity contribution in [1.82, 2.24) is 9.97 Å². The molecular weight excluding hydrogens is 245 g/mol. The molecule has 0 aliphatic rings. The van der Waals surface area contributed by atoms with E-state index in [9.17, 15) is 13.2 Å². The van der Waals surface area contributed by atoms with E-state index in [-0.39, 0.29) is 18.2 Å². The summed E-state index contributed by atoms with van der Waals surface area (Å²) in [5, 5.41) is 0. The highest BCUT2D eigenvalue weighted by molar-refractivity contribution is 5.56. The van der Waals surface area contributed by atoms with Gasteiger partial charge in [0.15, 0.2) is 0 Å². The minimum Gasteiger partial charge on any atom is -0.383 e. The zero-order valence-corrected chi connectivity index (χ0v) is 10.5. The molecule has 0 unspecified atom stereocenters. The van der Waals surface area contributed by atoms with Gasteiger partial charge >= 0.3 is 6.18 Å². The Morgan fingerprint density at radius 1 is 1.28 bits per heavy atom. The molecule has 0 aliphatic carbocycles. The lowest BCUT2D eigenvalue weighted by atomic mass is 10.2. The normalized spacial score (nSPS) is 11.6. The number of hydrogen-bond acceptors (Lipinski definition) is 4. The highest BCUT2D eigenvalue weighted by Crippen LogP contribution is 2.26. The summed E-state index contributed by atoms with van der Waals surface area (Å²) in [6.45, 7) is 2.89. The minimum absolute atomic E-state index is 0.241. The van der Waals surface area contributed by atoms with Gasteiger partial charge in [-0.05, 0) is 12.8 Å². The molecule has 1 rings (SSSR count). The van der Waals surface area contributed by atoms with E-state index >= 15 is 0 Å². The van der Waals surface area contributed by atoms with Crippen LogP contribution in [0.5, 0.6) is 0 Å². The molecule has 0 aromatic carbocycles. The van der Waals surface area contributed by atoms with E-state index in [1.165, 1.54) is 11.2 Å². The Hall–Kier alpha value is -1.53. The van der Waals surface area contributed by atoms with E-state index in [0.717, 1.165) is 0 Å². The van der Waals surface area contributed by atoms with Crippen molar-refractivity contribution in [2.45, 2.75) is 32.9 Å². The van der Waals surface area contributed by atoms with Gasteiger partial charge in [-0.2, -0.15) is 13.2 Å². The first-order valence-corrected chi connectivity index (χ1v) is 5.80. The van der Waals surface area contributed by atoms with Crippen LogP contribution in [-0.4, -0.2) is 29.2 Å². The van der Waals surface area contributed by atoms with Gasteiger partial charge in [0.25, 0.3) is 0 Å². The van der Waals surface area contributed by atoms with Crippen LogP contribution < -0.4 is 10.6 Å². The fourth-order valence-electron chi connectivity index (χ4n) is 1.77. The van der Waals surface area contributed by atoms with E-state index in [4.69, 9.17) is 5.73 Å². The molecule has 0 atom stereocenters. The second-order valence-corrected chi connectivity index (χ2v) is 3.95. The third-order valence-corrected chi connectivity index (χ3v) is 2.47. The van der Waals surface area contributed by atoms with Gasteiger partial charge in [-0.3, -0.25) is 0 Å². The molecule has 4 nitrogen and oxygen atoms in total. The lowest BCUT2D eigenvalue weighted by Gasteiger charge is -2.26. The molecule has 1 aromatic rings. The van der Waals surface area contributed by atoms with Gasteiger partial charge in [0.2, 0.25) is 0 Å². The largest absolute Gasteiger partial charge is 0.405 e. The van der Waals surface area contributed by atoms with Crippen LogP contribution in [0.25, 0.3) is 0 Å². The van der Waals surface area contributed by atoms with Crippen molar-refractivity contribution in [1.29, 1.82) is 0 Å². The molecule has 0 spiro atoms. The Morgan fingerprint density at radius 3 is 2.44 bits per heavy atom. The first-order chi connectivity index (χ1) is 8.39. The quantitative estimate of drug-likeness (QED) is 0.885. The Bertz CT molecular complexity index is 392. The summed E-state index contributed by atoms with van der Waals surface area (Å²) in [5.74, 6) is 0.523. The van der Waals surface area contributed by atoms with E-state index in [2.05, 4.69) is 9.97 Å². The number of alkyl halides is 3. The molecule has 1 heterocycles. The predicted octanol–water partition coefficient (Wildman–Crippen LogP) is 2.40. The highest BCUT2D eigenvalue weighted by atomic mass is 19.4. The summed E-state index contributed by atoms with van der Waals surface area (Å²) in [6, 6.07) is 0. The molecule has 102 valence electrons. The van der Waals surface area contributed by atoms with Crippen LogP contribution in [0.15, 0.2) is 6.33 Å². The molecule has 2 N–H and O–H groups in total. The molecule has 1 aromatic heterocycles. The van der Waals surface area contributed by atoms with E-state index in [1.807, 2.05) is 13.8 Å². The van der Waals surface area contributed by atoms with Crippen molar-refractivity contribution in [3.05, 3.63) is 11.9 Å². The molecule has 0 saturated carbocycles. The van der Waals surface area contributed by atoms with E-state index < -0.39 is 12.7 Å². The van der Waals surface area contributed by atoms with Gasteiger partial charge in [-0.15, -0.1) is 0 Å². The van der Waals surface area contributed by atoms with Crippen LogP contribution in [0.2, 0.25) is 0 Å². The highest BCUT2D eigenvalue weighted by Gasteiger charge is 2.32. The summed E-state index contributed by atoms with van der Waals surface area (Å²) in [6.07, 6.45) is -1.97. The molecule has 18 heavy (non-hydrogen) atoms. The van der Waals surface area contributed by atoms with E-state index in [0.29, 0.717) is 18.4 Å². The van der Waals surface area contributed by atoms with Crippen molar-refractivity contribution in [3.63, 3.8) is 0 Å². The van der Waals surface area contributed by atoms with Gasteiger partial charge in [-0.25, -0.2) is 9.97 Å². The maximum Gasteiger partial charge on any atom is 0.405 e. The molecule has 0 fully saturated rings. The van der Waals surface area contributed by atoms with Gasteiger partial charge in [0, 0.05) is 12.1 Å². The maximum atomic E-state index is 12.5. The molecular formula is C11H17F3N4. The van der Waals surface area contributed by atoms with Gasteiger partial charge in [-0.1, -0.05) is 13.8 Å². The summed E-state index contributed by atoms with van der Waals surface area (Å²) >= 11 is 0. The standard InChI is InChI=1S/C11H17F3N4/c1-3-5-18(6-11(12,13)14)10-8(4-2)9(15)16-7-17-10/h7H,3-6H2,1-2H3,(H2,15,16,17). The van der Waals surface area contributed by atoms with Crippen LogP contribution in [-0.2, 0) is 6.42 Å². The Labute approximate surface area is 104 Å². The van der Waals surface area contributed by atoms with Gasteiger partial charge < -0.3 is 10.6 Å². The minimum atomic E-state index is -4.26. The van der Waals surface area contributed by atoms with E-state index in [1.54, 1.807) is 0 Å². The van der Waals surface area contributed by atoms with Gasteiger partial charge in [0.05, 0.1) is 0 Å². The maximum absolute atomic E-state index is 12.5. The number of rotatable bonds is 5. The second-order valence-electron chi connectivity index (χ2n) is 3.95. The molecule has 0 saturated heterocycles. The molecule has 0 amide bonds. The number of aromatic nitrogens is 2. The first kappa shape index (κ1) is 14.5. The SMILES string of the molecule is CCCN(CC(F)(F)F)c1ncnc(N)c1CC. The zero-order valence-electron chi connectivity index (χ0n) is 10.5. The van der Waals surface area contributed by atoms with Crippen molar-refractivity contribution < 1.29 is 13.2 Å². The van der Waals surface area contributed by atoms with Crippen molar-refractivity contribution in [3.8, 4) is 0 Å². The summed E-state index contributed by atoms with van der Waals surface area (Å²) in [5.41, 5.74) is 6.24. The summed E-state index contributed by atoms with van der Waals surface area (Å²) < 4.78 is 37.6. The lowest BCUT2D eigenvalue weighted by molar-refractivity contribution is -0.119. The summed E-state index contributed by atoms with van der Waals surface area (Å²) in [4.78, 5) is 8.96. The number of hydrogen-bond donors (Lipinski definition) is 1.